The molecule has 0 atom stereocenters. The standard InChI is InChI=1S/C3H5.C2H4O2.3CO.Ru/c1-3-2;1-2(3)4;3*1-2;/h3H,1-2H2;1H3,(H,3,4);;;;/q-1;;;;;+3. The number of carboxylic acid groups (broad SMARTS) is 1. The summed E-state index contributed by atoms with van der Waals surface area (Å²) in [7, 11) is 0. The first-order valence-corrected chi connectivity index (χ1v) is 2.36. The van der Waals surface area contributed by atoms with Gasteiger partial charge in [-0.05, 0) is 0 Å². The van der Waals surface area contributed by atoms with Crippen molar-refractivity contribution in [3.63, 3.8) is 0 Å². The van der Waals surface area contributed by atoms with E-state index in [4.69, 9.17) is 23.9 Å². The summed E-state index contributed by atoms with van der Waals surface area (Å²) >= 11 is 0. The van der Waals surface area contributed by atoms with E-state index in [1.165, 1.54) is 6.08 Å². The summed E-state index contributed by atoms with van der Waals surface area (Å²) in [4.78, 5) is 9.00. The molecule has 0 saturated carbocycles. The van der Waals surface area contributed by atoms with E-state index in [0.717, 1.165) is 6.92 Å². The molecule has 14 heavy (non-hydrogen) atoms. The number of aliphatic carboxylic acids is 1. The van der Waals surface area contributed by atoms with Crippen LogP contribution >= 0.6 is 0 Å². The normalized spacial score (nSPS) is 3.07. The van der Waals surface area contributed by atoms with Crippen molar-refractivity contribution in [3.05, 3.63) is 39.5 Å². The molecular formula is C8H9O5Ru+2. The van der Waals surface area contributed by atoms with Crippen molar-refractivity contribution in [1.29, 1.82) is 0 Å². The molecule has 0 aromatic heterocycles. The first-order chi connectivity index (χ1) is 6.15. The molecule has 0 aliphatic carbocycles. The Morgan fingerprint density at radius 3 is 1.29 bits per heavy atom. The molecule has 0 aliphatic rings. The number of carbonyl (C=O) groups is 1. The zero-order valence-electron chi connectivity index (χ0n) is 7.43. The second kappa shape index (κ2) is 166. The Kier molecular flexibility index (Phi) is 456. The molecule has 0 aromatic rings. The maximum absolute atomic E-state index is 9.00. The van der Waals surface area contributed by atoms with E-state index in [9.17, 15) is 0 Å². The molecule has 1 N–H and O–H groups in total. The van der Waals surface area contributed by atoms with E-state index in [1.54, 1.807) is 0 Å². The summed E-state index contributed by atoms with van der Waals surface area (Å²) in [6.07, 6.45) is 1.50. The fourth-order valence-corrected chi connectivity index (χ4v) is 0. The van der Waals surface area contributed by atoms with Gasteiger partial charge in [0, 0.05) is 6.92 Å². The van der Waals surface area contributed by atoms with Crippen molar-refractivity contribution in [3.8, 4) is 0 Å². The fourth-order valence-electron chi connectivity index (χ4n) is 0. The minimum atomic E-state index is -0.833. The van der Waals surface area contributed by atoms with Crippen molar-refractivity contribution in [1.82, 2.24) is 0 Å². The molecule has 0 fully saturated rings. The van der Waals surface area contributed by atoms with Gasteiger partial charge in [-0.3, -0.25) is 4.79 Å². The Morgan fingerprint density at radius 1 is 1.29 bits per heavy atom. The van der Waals surface area contributed by atoms with Gasteiger partial charge in [0.25, 0.3) is 5.97 Å². The van der Waals surface area contributed by atoms with Gasteiger partial charge in [-0.1, -0.05) is 0 Å². The second-order valence-electron chi connectivity index (χ2n) is 0.808. The number of hydrogen-bond acceptors (Lipinski definition) is 1. The van der Waals surface area contributed by atoms with Gasteiger partial charge >= 0.3 is 53.4 Å². The Morgan fingerprint density at radius 2 is 1.29 bits per heavy atom. The average molecular weight is 286 g/mol. The van der Waals surface area contributed by atoms with E-state index in [0.29, 0.717) is 0 Å². The molecular weight excluding hydrogens is 277 g/mol. The van der Waals surface area contributed by atoms with Crippen molar-refractivity contribution >= 4 is 5.97 Å². The van der Waals surface area contributed by atoms with E-state index in [-0.39, 0.29) is 19.5 Å². The van der Waals surface area contributed by atoms with E-state index < -0.39 is 5.97 Å². The van der Waals surface area contributed by atoms with Crippen LogP contribution in [0.4, 0.5) is 0 Å². The third kappa shape index (κ3) is 928. The molecule has 1 radical (unpaired) electrons. The van der Waals surface area contributed by atoms with Crippen LogP contribution in [0.15, 0.2) is 12.7 Å². The third-order valence-electron chi connectivity index (χ3n) is 0. The molecule has 0 saturated heterocycles. The van der Waals surface area contributed by atoms with Gasteiger partial charge in [0.15, 0.2) is 0 Å². The molecule has 0 aromatic carbocycles. The second-order valence-corrected chi connectivity index (χ2v) is 0.808. The van der Waals surface area contributed by atoms with Gasteiger partial charge in [-0.15, -0.1) is 0 Å². The van der Waals surface area contributed by atoms with Gasteiger partial charge in [0.1, 0.15) is 0 Å². The number of carboxylic acids is 1. The van der Waals surface area contributed by atoms with Crippen molar-refractivity contribution in [2.45, 2.75) is 6.92 Å². The minimum absolute atomic E-state index is 0. The largest absolute Gasteiger partial charge is 3.00 e. The summed E-state index contributed by atoms with van der Waals surface area (Å²) in [5, 5.41) is 7.42. The van der Waals surface area contributed by atoms with Gasteiger partial charge < -0.3 is 5.11 Å². The third-order valence-corrected chi connectivity index (χ3v) is 0. The van der Waals surface area contributed by atoms with Crippen LogP contribution < -0.4 is 0 Å². The molecule has 6 heteroatoms. The molecule has 0 unspecified atom stereocenters. The molecule has 77 valence electrons. The molecule has 5 nitrogen and oxygen atoms in total. The predicted molar refractivity (Wildman–Crippen MR) is 40.7 cm³/mol. The molecule has 0 spiro atoms. The van der Waals surface area contributed by atoms with Crippen LogP contribution in [0.25, 0.3) is 0 Å². The topological polar surface area (TPSA) is 97.0 Å². The zero-order chi connectivity index (χ0) is 12.3. The van der Waals surface area contributed by atoms with Crippen LogP contribution in [0.1, 0.15) is 6.92 Å². The van der Waals surface area contributed by atoms with Crippen LogP contribution in [0.5, 0.6) is 0 Å². The van der Waals surface area contributed by atoms with E-state index >= 15 is 0 Å². The molecule has 0 amide bonds. The predicted octanol–water partition coefficient (Wildman–Crippen LogP) is 0.982. The van der Waals surface area contributed by atoms with Crippen LogP contribution in [-0.4, -0.2) is 11.1 Å². The number of allylic oxidation sites excluding steroid dienone is 1. The molecule has 0 heterocycles. The van der Waals surface area contributed by atoms with E-state index in [1.807, 2.05) is 0 Å². The number of hydrogen-bond donors (Lipinski definition) is 1. The van der Waals surface area contributed by atoms with Crippen molar-refractivity contribution in [2.24, 2.45) is 0 Å². The zero-order valence-corrected chi connectivity index (χ0v) is 9.16. The summed E-state index contributed by atoms with van der Waals surface area (Å²) in [6.45, 7) is 21.1. The smallest absolute Gasteiger partial charge is 3.00 e. The molecule has 0 rings (SSSR count). The summed E-state index contributed by atoms with van der Waals surface area (Å²) in [5.74, 6) is -0.833. The molecule has 0 aliphatic heterocycles. The van der Waals surface area contributed by atoms with Crippen LogP contribution in [0.2, 0.25) is 0 Å². The van der Waals surface area contributed by atoms with Gasteiger partial charge in [-0.2, -0.15) is 0 Å². The van der Waals surface area contributed by atoms with Gasteiger partial charge in [0.05, 0.1) is 0 Å². The van der Waals surface area contributed by atoms with E-state index in [2.05, 4.69) is 33.5 Å². The van der Waals surface area contributed by atoms with Gasteiger partial charge in [0.2, 0.25) is 0 Å². The Hall–Kier alpha value is -1.08. The van der Waals surface area contributed by atoms with Crippen LogP contribution in [0.3, 0.4) is 0 Å². The maximum atomic E-state index is 9.00. The first kappa shape index (κ1) is 38.3. The Labute approximate surface area is 96.1 Å². The average Bonchev–Trinajstić information content (AvgIpc) is 2.14. The Balaban J connectivity index is -0.0000000146. The minimum Gasteiger partial charge on any atom is 3.00 e. The summed E-state index contributed by atoms with van der Waals surface area (Å²) in [6, 6.07) is 0. The summed E-state index contributed by atoms with van der Waals surface area (Å²) in [5.41, 5.74) is 0. The first-order valence-electron chi connectivity index (χ1n) is 2.36. The van der Waals surface area contributed by atoms with Crippen molar-refractivity contribution < 1.29 is 43.3 Å². The number of rotatable bonds is 0. The quantitative estimate of drug-likeness (QED) is 0.408. The van der Waals surface area contributed by atoms with Gasteiger partial charge in [-0.25, -0.2) is 19.6 Å². The van der Waals surface area contributed by atoms with Crippen LogP contribution in [-0.2, 0) is 38.2 Å². The maximum Gasteiger partial charge on any atom is 3.00 e. The Bertz CT molecular complexity index is 129. The molecule has 0 bridgehead atoms. The van der Waals surface area contributed by atoms with Crippen LogP contribution in [0, 0.1) is 26.9 Å². The monoisotopic (exact) mass is 287 g/mol. The van der Waals surface area contributed by atoms with Crippen molar-refractivity contribution in [2.75, 3.05) is 0 Å². The SMILES string of the molecule is C=C[CH2-].CC(=O)O.[C-]#[O+].[C-]#[O+].[C-]#[O+].[Ru+3]. The summed E-state index contributed by atoms with van der Waals surface area (Å²) < 4.78 is 22.5. The fraction of sp³-hybridized carbons (Fsp3) is 0.125.